The topological polar surface area (TPSA) is 142 Å². The second-order valence-corrected chi connectivity index (χ2v) is 12.4. The normalized spacial score (nSPS) is 17.3. The number of nitrogens with one attached hydrogen (secondary N) is 5. The lowest BCUT2D eigenvalue weighted by molar-refractivity contribution is -0.120. The van der Waals surface area contributed by atoms with Gasteiger partial charge in [-0.1, -0.05) is 41.4 Å². The molecule has 2 aliphatic heterocycles. The van der Waals surface area contributed by atoms with Crippen LogP contribution >= 0.6 is 23.2 Å². The third-order valence-corrected chi connectivity index (χ3v) is 9.13. The molecule has 0 spiro atoms. The summed E-state index contributed by atoms with van der Waals surface area (Å²) in [6, 6.07) is 12.6. The lowest BCUT2D eigenvalue weighted by Crippen LogP contribution is -2.35. The van der Waals surface area contributed by atoms with Crippen LogP contribution in [0.2, 0.25) is 10.0 Å². The average Bonchev–Trinajstić information content (AvgIpc) is 3.70. The zero-order valence-corrected chi connectivity index (χ0v) is 27.7. The van der Waals surface area contributed by atoms with Crippen LogP contribution in [0.25, 0.3) is 22.5 Å². The van der Waals surface area contributed by atoms with E-state index in [4.69, 9.17) is 32.9 Å². The fraction of sp³-hybridized carbons (Fsp3) is 0.324. The predicted molar refractivity (Wildman–Crippen MR) is 183 cm³/mol. The Morgan fingerprint density at radius 1 is 0.854 bits per heavy atom. The molecular weight excluding hydrogens is 658 g/mol. The largest absolute Gasteiger partial charge is 0.481 e. The fourth-order valence-electron chi connectivity index (χ4n) is 5.83. The number of methoxy groups -OCH3 is 1. The minimum absolute atomic E-state index is 0.0284. The van der Waals surface area contributed by atoms with Crippen molar-refractivity contribution < 1.29 is 18.7 Å². The molecule has 5 heterocycles. The van der Waals surface area contributed by atoms with Crippen molar-refractivity contribution in [2.24, 2.45) is 0 Å². The number of pyridine rings is 3. The van der Waals surface area contributed by atoms with Gasteiger partial charge >= 0.3 is 0 Å². The number of carbonyl (C=O) groups excluding carboxylic acids is 2. The smallest absolute Gasteiger partial charge is 0.220 e. The Bertz CT molecular complexity index is 1830. The van der Waals surface area contributed by atoms with Gasteiger partial charge in [-0.3, -0.25) is 19.6 Å². The second-order valence-electron chi connectivity index (χ2n) is 11.7. The van der Waals surface area contributed by atoms with Crippen LogP contribution in [0, 0.1) is 5.82 Å². The number of hydrogen-bond donors (Lipinski definition) is 5. The Balaban J connectivity index is 1.17. The number of benzene rings is 1. The first kappa shape index (κ1) is 33.5. The molecule has 11 nitrogen and oxygen atoms in total. The molecule has 2 aliphatic rings. The molecule has 2 amide bonds. The van der Waals surface area contributed by atoms with E-state index in [0.717, 1.165) is 18.4 Å². The highest BCUT2D eigenvalue weighted by atomic mass is 35.5. The quantitative estimate of drug-likeness (QED) is 0.129. The van der Waals surface area contributed by atoms with E-state index in [-0.39, 0.29) is 41.8 Å². The molecule has 2 atom stereocenters. The number of nitrogens with zero attached hydrogens (tertiary/aromatic N) is 3. The van der Waals surface area contributed by atoms with Gasteiger partial charge in [0.05, 0.1) is 45.6 Å². The summed E-state index contributed by atoms with van der Waals surface area (Å²) < 4.78 is 21.1. The summed E-state index contributed by atoms with van der Waals surface area (Å²) in [5.74, 6) is 0.0539. The second kappa shape index (κ2) is 15.2. The van der Waals surface area contributed by atoms with Crippen molar-refractivity contribution in [1.82, 2.24) is 36.2 Å². The minimum atomic E-state index is -0.510. The van der Waals surface area contributed by atoms with Crippen LogP contribution in [0.5, 0.6) is 5.88 Å². The zero-order chi connectivity index (χ0) is 33.6. The van der Waals surface area contributed by atoms with E-state index in [0.29, 0.717) is 76.6 Å². The molecule has 4 aromatic rings. The highest BCUT2D eigenvalue weighted by Gasteiger charge is 2.22. The van der Waals surface area contributed by atoms with Crippen LogP contribution in [-0.2, 0) is 22.7 Å². The Morgan fingerprint density at radius 2 is 1.56 bits per heavy atom. The number of carbonyl (C=O) groups is 2. The molecule has 48 heavy (non-hydrogen) atoms. The Hall–Kier alpha value is -4.36. The minimum Gasteiger partial charge on any atom is -0.481 e. The first-order valence-corrected chi connectivity index (χ1v) is 16.4. The van der Waals surface area contributed by atoms with Gasteiger partial charge in [-0.05, 0) is 37.1 Å². The average molecular weight is 694 g/mol. The van der Waals surface area contributed by atoms with Gasteiger partial charge in [-0.15, -0.1) is 0 Å². The Kier molecular flexibility index (Phi) is 10.7. The number of anilines is 2. The van der Waals surface area contributed by atoms with Crippen LogP contribution in [0.3, 0.4) is 0 Å². The maximum atomic E-state index is 15.5. The molecule has 2 saturated heterocycles. The van der Waals surface area contributed by atoms with E-state index in [1.165, 1.54) is 12.3 Å². The van der Waals surface area contributed by atoms with Gasteiger partial charge in [0.15, 0.2) is 5.82 Å². The fourth-order valence-corrected chi connectivity index (χ4v) is 6.40. The van der Waals surface area contributed by atoms with Crippen molar-refractivity contribution in [3.05, 3.63) is 82.0 Å². The highest BCUT2D eigenvalue weighted by molar-refractivity contribution is 6.39. The van der Waals surface area contributed by atoms with Crippen molar-refractivity contribution >= 4 is 46.4 Å². The van der Waals surface area contributed by atoms with E-state index >= 15 is 4.39 Å². The SMILES string of the molecule is COc1nc(-c2ccnc(-c3cccc(Nc4ccnc(CNC[C@H]5CCC(=O)N5)c4F)c3Cl)c2Cl)ccc1CNC[C@@H]1CCC(=O)N1. The first-order valence-electron chi connectivity index (χ1n) is 15.7. The lowest BCUT2D eigenvalue weighted by atomic mass is 10.1. The van der Waals surface area contributed by atoms with Crippen molar-refractivity contribution in [3.8, 4) is 28.4 Å². The van der Waals surface area contributed by atoms with Gasteiger partial charge in [-0.25, -0.2) is 9.37 Å². The lowest BCUT2D eigenvalue weighted by Gasteiger charge is -2.16. The van der Waals surface area contributed by atoms with Gasteiger partial charge in [0.25, 0.3) is 0 Å². The number of aromatic nitrogens is 3. The van der Waals surface area contributed by atoms with Crippen LogP contribution in [0.4, 0.5) is 15.8 Å². The number of halogens is 3. The summed E-state index contributed by atoms with van der Waals surface area (Å²) in [6.07, 6.45) is 5.78. The summed E-state index contributed by atoms with van der Waals surface area (Å²) in [5.41, 5.74) is 3.99. The molecular formula is C34H35Cl2FN8O3. The van der Waals surface area contributed by atoms with Gasteiger partial charge in [0, 0.05) is 80.2 Å². The molecule has 6 rings (SSSR count). The Labute approximate surface area is 287 Å². The van der Waals surface area contributed by atoms with E-state index in [9.17, 15) is 9.59 Å². The summed E-state index contributed by atoms with van der Waals surface area (Å²) in [5, 5.41) is 16.1. The molecule has 2 fully saturated rings. The number of hydrogen-bond acceptors (Lipinski definition) is 9. The molecule has 0 saturated carbocycles. The van der Waals surface area contributed by atoms with Gasteiger partial charge in [0.2, 0.25) is 17.7 Å². The molecule has 3 aromatic heterocycles. The zero-order valence-electron chi connectivity index (χ0n) is 26.2. The molecule has 250 valence electrons. The van der Waals surface area contributed by atoms with Gasteiger partial charge in [0.1, 0.15) is 0 Å². The Morgan fingerprint density at radius 3 is 2.25 bits per heavy atom. The molecule has 0 unspecified atom stereocenters. The molecule has 1 aromatic carbocycles. The van der Waals surface area contributed by atoms with Crippen molar-refractivity contribution in [1.29, 1.82) is 0 Å². The summed E-state index contributed by atoms with van der Waals surface area (Å²) in [6.45, 7) is 1.89. The van der Waals surface area contributed by atoms with E-state index in [1.54, 1.807) is 37.6 Å². The predicted octanol–water partition coefficient (Wildman–Crippen LogP) is 5.14. The van der Waals surface area contributed by atoms with Crippen LogP contribution in [0.1, 0.15) is 36.9 Å². The molecule has 5 N–H and O–H groups in total. The number of rotatable bonds is 13. The van der Waals surface area contributed by atoms with Crippen molar-refractivity contribution in [2.45, 2.75) is 50.9 Å². The standard InChI is InChI=1S/C34H35Cl2FN8O3/c1-48-34-19(15-38-16-20-6-9-28(46)42-20)5-8-24(45-34)22-11-13-41-33(31(22)36)23-3-2-4-25(30(23)35)44-26-12-14-40-27(32(26)37)18-39-17-21-7-10-29(47)43-21/h2-5,8,11-14,20-21,38-39H,6-7,9-10,15-18H2,1H3,(H,40,44)(H,42,46)(H,43,47)/t20-,21+/m0/s1. The van der Waals surface area contributed by atoms with Crippen LogP contribution < -0.4 is 31.3 Å². The number of amides is 2. The molecule has 14 heteroatoms. The molecule has 0 aliphatic carbocycles. The van der Waals surface area contributed by atoms with E-state index in [1.807, 2.05) is 12.1 Å². The third-order valence-electron chi connectivity index (χ3n) is 8.34. The summed E-state index contributed by atoms with van der Waals surface area (Å²) in [4.78, 5) is 36.4. The molecule has 0 bridgehead atoms. The van der Waals surface area contributed by atoms with Gasteiger partial charge < -0.3 is 31.3 Å². The third kappa shape index (κ3) is 7.68. The van der Waals surface area contributed by atoms with E-state index < -0.39 is 5.82 Å². The highest BCUT2D eigenvalue weighted by Crippen LogP contribution is 2.41. The maximum Gasteiger partial charge on any atom is 0.220 e. The monoisotopic (exact) mass is 692 g/mol. The summed E-state index contributed by atoms with van der Waals surface area (Å²) in [7, 11) is 1.56. The van der Waals surface area contributed by atoms with Crippen LogP contribution in [-0.4, -0.2) is 59.0 Å². The first-order chi connectivity index (χ1) is 23.3. The number of ether oxygens (including phenoxy) is 1. The van der Waals surface area contributed by atoms with Crippen molar-refractivity contribution in [2.75, 3.05) is 25.5 Å². The molecule has 0 radical (unpaired) electrons. The van der Waals surface area contributed by atoms with E-state index in [2.05, 4.69) is 36.6 Å². The summed E-state index contributed by atoms with van der Waals surface area (Å²) >= 11 is 13.8. The maximum absolute atomic E-state index is 15.5. The van der Waals surface area contributed by atoms with Crippen LogP contribution in [0.15, 0.2) is 54.9 Å². The van der Waals surface area contributed by atoms with Gasteiger partial charge in [-0.2, -0.15) is 0 Å². The van der Waals surface area contributed by atoms with Crippen molar-refractivity contribution in [3.63, 3.8) is 0 Å².